The second-order valence-corrected chi connectivity index (χ2v) is 8.98. The molecule has 0 aliphatic rings. The number of nitrogens with zero attached hydrogens (tertiary/aromatic N) is 3. The molecule has 36 heavy (non-hydrogen) atoms. The van der Waals surface area contributed by atoms with Crippen LogP contribution in [0.15, 0.2) is 47.0 Å². The smallest absolute Gasteiger partial charge is 0.228 e. The van der Waals surface area contributed by atoms with Gasteiger partial charge in [-0.3, -0.25) is 4.90 Å². The fourth-order valence-corrected chi connectivity index (χ4v) is 3.80. The largest absolute Gasteiger partial charge is 0.493 e. The summed E-state index contributed by atoms with van der Waals surface area (Å²) in [5.74, 6) is 2.89. The minimum atomic E-state index is -0.593. The molecule has 0 radical (unpaired) electrons. The zero-order valence-corrected chi connectivity index (χ0v) is 21.8. The normalized spacial score (nSPS) is 12.2. The third-order valence-electron chi connectivity index (χ3n) is 5.51. The Kier molecular flexibility index (Phi) is 10.5. The number of hydrogen-bond donors (Lipinski definition) is 1. The number of aliphatic hydroxyl groups excluding tert-OH is 1. The molecule has 0 spiro atoms. The highest BCUT2D eigenvalue weighted by Gasteiger charge is 2.19. The number of methoxy groups -OCH3 is 3. The molecule has 9 nitrogen and oxygen atoms in total. The number of aromatic nitrogens is 2. The van der Waals surface area contributed by atoms with Gasteiger partial charge in [-0.15, -0.1) is 0 Å². The van der Waals surface area contributed by atoms with E-state index >= 15 is 0 Å². The predicted molar refractivity (Wildman–Crippen MR) is 136 cm³/mol. The number of hydrogen-bond acceptors (Lipinski definition) is 9. The highest BCUT2D eigenvalue weighted by Crippen LogP contribution is 2.40. The van der Waals surface area contributed by atoms with Crippen molar-refractivity contribution in [3.8, 4) is 28.6 Å². The maximum atomic E-state index is 10.5. The predicted octanol–water partition coefficient (Wildman–Crippen LogP) is 3.84. The molecule has 3 aromatic rings. The summed E-state index contributed by atoms with van der Waals surface area (Å²) in [5.41, 5.74) is 1.86. The Hall–Kier alpha value is -3.14. The molecule has 0 amide bonds. The molecule has 1 atom stereocenters. The molecule has 0 saturated carbocycles. The van der Waals surface area contributed by atoms with Gasteiger partial charge in [0.15, 0.2) is 11.5 Å². The van der Waals surface area contributed by atoms with Gasteiger partial charge in [-0.2, -0.15) is 4.98 Å². The highest BCUT2D eigenvalue weighted by molar-refractivity contribution is 5.66. The van der Waals surface area contributed by atoms with Gasteiger partial charge in [-0.1, -0.05) is 49.3 Å². The molecule has 0 aliphatic heterocycles. The lowest BCUT2D eigenvalue weighted by molar-refractivity contribution is 0.00680. The molecule has 0 fully saturated rings. The van der Waals surface area contributed by atoms with E-state index in [-0.39, 0.29) is 0 Å². The summed E-state index contributed by atoms with van der Waals surface area (Å²) in [4.78, 5) is 6.74. The van der Waals surface area contributed by atoms with Crippen LogP contribution in [0.3, 0.4) is 0 Å². The monoisotopic (exact) mass is 499 g/mol. The summed E-state index contributed by atoms with van der Waals surface area (Å²) in [6, 6.07) is 13.7. The first-order valence-electron chi connectivity index (χ1n) is 12.1. The lowest BCUT2D eigenvalue weighted by Gasteiger charge is -2.25. The average Bonchev–Trinajstić information content (AvgIpc) is 3.36. The maximum absolute atomic E-state index is 10.5. The Morgan fingerprint density at radius 2 is 1.67 bits per heavy atom. The van der Waals surface area contributed by atoms with Crippen LogP contribution in [0.25, 0.3) is 11.4 Å². The van der Waals surface area contributed by atoms with Gasteiger partial charge in [0.25, 0.3) is 0 Å². The number of rotatable bonds is 15. The van der Waals surface area contributed by atoms with Crippen LogP contribution < -0.4 is 14.2 Å². The van der Waals surface area contributed by atoms with Crippen LogP contribution in [0.1, 0.15) is 25.3 Å². The van der Waals surface area contributed by atoms with Gasteiger partial charge in [-0.05, 0) is 23.6 Å². The second-order valence-electron chi connectivity index (χ2n) is 8.98. The summed E-state index contributed by atoms with van der Waals surface area (Å²) < 4.78 is 27.4. The van der Waals surface area contributed by atoms with Crippen molar-refractivity contribution in [1.82, 2.24) is 15.0 Å². The van der Waals surface area contributed by atoms with Crippen LogP contribution in [0.5, 0.6) is 17.2 Å². The van der Waals surface area contributed by atoms with E-state index < -0.39 is 6.10 Å². The Balaban J connectivity index is 1.68. The Morgan fingerprint density at radius 1 is 0.972 bits per heavy atom. The van der Waals surface area contributed by atoms with E-state index in [1.54, 1.807) is 33.5 Å². The second kappa shape index (κ2) is 13.8. The third-order valence-corrected chi connectivity index (χ3v) is 5.51. The lowest BCUT2D eigenvalue weighted by atomic mass is 10.1. The van der Waals surface area contributed by atoms with Crippen molar-refractivity contribution in [2.75, 3.05) is 47.6 Å². The Bertz CT molecular complexity index is 1030. The summed E-state index contributed by atoms with van der Waals surface area (Å²) in [6.07, 6.45) is -0.0611. The van der Waals surface area contributed by atoms with Gasteiger partial charge in [0.05, 0.1) is 34.0 Å². The van der Waals surface area contributed by atoms with E-state index in [1.165, 1.54) is 0 Å². The Labute approximate surface area is 212 Å². The van der Waals surface area contributed by atoms with Gasteiger partial charge >= 0.3 is 0 Å². The van der Waals surface area contributed by atoms with Crippen molar-refractivity contribution in [2.45, 2.75) is 32.9 Å². The molecule has 3 rings (SSSR count). The number of aliphatic hydroxyl groups is 1. The average molecular weight is 500 g/mol. The number of benzene rings is 2. The van der Waals surface area contributed by atoms with Crippen LogP contribution in [0.2, 0.25) is 0 Å². The fraction of sp³-hybridized carbons (Fsp3) is 0.481. The standard InChI is InChI=1S/C27H37N3O6/c1-19(2)17-35-18-22(31)16-30(15-20-9-7-6-8-10-20)12-11-25-28-27(29-36-25)21-13-23(32-3)26(34-5)24(14-21)33-4/h6-10,13-14,19,22,31H,11-12,15-18H2,1-5H3. The van der Waals surface area contributed by atoms with Gasteiger partial charge in [-0.25, -0.2) is 0 Å². The zero-order valence-electron chi connectivity index (χ0n) is 21.8. The van der Waals surface area contributed by atoms with E-state index in [0.29, 0.717) is 79.7 Å². The molecule has 1 N–H and O–H groups in total. The van der Waals surface area contributed by atoms with Crippen LogP contribution in [0, 0.1) is 5.92 Å². The molecule has 0 aliphatic carbocycles. The minimum absolute atomic E-state index is 0.301. The van der Waals surface area contributed by atoms with Crippen LogP contribution >= 0.6 is 0 Å². The van der Waals surface area contributed by atoms with E-state index in [9.17, 15) is 5.11 Å². The topological polar surface area (TPSA) is 99.3 Å². The van der Waals surface area contributed by atoms with Gasteiger partial charge in [0.2, 0.25) is 17.5 Å². The van der Waals surface area contributed by atoms with E-state index in [4.69, 9.17) is 23.5 Å². The van der Waals surface area contributed by atoms with E-state index in [0.717, 1.165) is 5.56 Å². The molecule has 1 unspecified atom stereocenters. The van der Waals surface area contributed by atoms with Crippen molar-refractivity contribution < 1.29 is 28.6 Å². The summed E-state index contributed by atoms with van der Waals surface area (Å²) in [6.45, 7) is 6.90. The molecule has 1 aromatic heterocycles. The summed E-state index contributed by atoms with van der Waals surface area (Å²) in [5, 5.41) is 14.7. The van der Waals surface area contributed by atoms with Crippen molar-refractivity contribution >= 4 is 0 Å². The molecule has 0 bridgehead atoms. The van der Waals surface area contributed by atoms with Crippen molar-refractivity contribution in [3.63, 3.8) is 0 Å². The van der Waals surface area contributed by atoms with Gasteiger partial charge < -0.3 is 28.6 Å². The van der Waals surface area contributed by atoms with E-state index in [2.05, 4.69) is 41.0 Å². The molecular formula is C27H37N3O6. The first-order chi connectivity index (χ1) is 17.4. The molecule has 0 saturated heterocycles. The maximum Gasteiger partial charge on any atom is 0.228 e. The van der Waals surface area contributed by atoms with Gasteiger partial charge in [0, 0.05) is 38.2 Å². The summed E-state index contributed by atoms with van der Waals surface area (Å²) >= 11 is 0. The van der Waals surface area contributed by atoms with Gasteiger partial charge in [0.1, 0.15) is 0 Å². The molecule has 196 valence electrons. The first kappa shape index (κ1) is 27.4. The molecule has 2 aromatic carbocycles. The summed E-state index contributed by atoms with van der Waals surface area (Å²) in [7, 11) is 4.68. The first-order valence-corrected chi connectivity index (χ1v) is 12.1. The fourth-order valence-electron chi connectivity index (χ4n) is 3.80. The molecular weight excluding hydrogens is 462 g/mol. The van der Waals surface area contributed by atoms with Crippen molar-refractivity contribution in [2.24, 2.45) is 5.92 Å². The lowest BCUT2D eigenvalue weighted by Crippen LogP contribution is -2.36. The number of ether oxygens (including phenoxy) is 4. The van der Waals surface area contributed by atoms with Crippen LogP contribution in [0.4, 0.5) is 0 Å². The molecule has 1 heterocycles. The quantitative estimate of drug-likeness (QED) is 0.334. The van der Waals surface area contributed by atoms with Crippen LogP contribution in [-0.4, -0.2) is 73.9 Å². The minimum Gasteiger partial charge on any atom is -0.493 e. The van der Waals surface area contributed by atoms with E-state index in [1.807, 2.05) is 18.2 Å². The van der Waals surface area contributed by atoms with Crippen molar-refractivity contribution in [3.05, 3.63) is 53.9 Å². The zero-order chi connectivity index (χ0) is 25.9. The highest BCUT2D eigenvalue weighted by atomic mass is 16.5. The SMILES string of the molecule is COc1cc(-c2noc(CCN(Cc3ccccc3)CC(O)COCC(C)C)n2)cc(OC)c1OC. The van der Waals surface area contributed by atoms with Crippen LogP contribution in [-0.2, 0) is 17.7 Å². The van der Waals surface area contributed by atoms with Crippen molar-refractivity contribution in [1.29, 1.82) is 0 Å². The third kappa shape index (κ3) is 7.94. The molecule has 9 heteroatoms. The Morgan fingerprint density at radius 3 is 2.28 bits per heavy atom.